The van der Waals surface area contributed by atoms with E-state index < -0.39 is 17.3 Å². The van der Waals surface area contributed by atoms with Gasteiger partial charge in [-0.2, -0.15) is 0 Å². The number of phenolic OH excluding ortho intramolecular Hbond substituents is 1. The monoisotopic (exact) mass is 268 g/mol. The van der Waals surface area contributed by atoms with Crippen molar-refractivity contribution in [3.05, 3.63) is 28.3 Å². The number of methoxy groups -OCH3 is 2. The number of allylic oxidation sites excluding steroid dienone is 2. The fraction of sp³-hybridized carbons (Fsp3) is 0.167. The first-order valence-electron chi connectivity index (χ1n) is 4.95. The second-order valence-corrected chi connectivity index (χ2v) is 3.98. The molecule has 0 aromatic heterocycles. The Morgan fingerprint density at radius 2 is 1.89 bits per heavy atom. The van der Waals surface area contributed by atoms with Crippen molar-refractivity contribution in [1.82, 2.24) is 0 Å². The van der Waals surface area contributed by atoms with E-state index in [1.54, 1.807) is 0 Å². The number of ketones is 2. The summed E-state index contributed by atoms with van der Waals surface area (Å²) >= 11 is 5.64. The van der Waals surface area contributed by atoms with E-state index in [1.165, 1.54) is 20.3 Å². The highest BCUT2D eigenvalue weighted by atomic mass is 35.5. The van der Waals surface area contributed by atoms with Crippen LogP contribution in [-0.4, -0.2) is 30.9 Å². The van der Waals surface area contributed by atoms with Crippen LogP contribution >= 0.6 is 11.6 Å². The fourth-order valence-corrected chi connectivity index (χ4v) is 1.97. The second-order valence-electron chi connectivity index (χ2n) is 3.57. The predicted molar refractivity (Wildman–Crippen MR) is 63.8 cm³/mol. The predicted octanol–water partition coefficient (Wildman–Crippen LogP) is 1.91. The number of benzene rings is 1. The number of Topliss-reactive ketones (excluding diaryl/α,β-unsaturated/α-hetero) is 1. The number of phenols is 1. The van der Waals surface area contributed by atoms with Crippen LogP contribution in [0.4, 0.5) is 0 Å². The summed E-state index contributed by atoms with van der Waals surface area (Å²) in [4.78, 5) is 23.6. The van der Waals surface area contributed by atoms with E-state index in [0.29, 0.717) is 0 Å². The summed E-state index contributed by atoms with van der Waals surface area (Å²) in [5, 5.41) is 9.75. The third-order valence-electron chi connectivity index (χ3n) is 2.61. The number of ether oxygens (including phenoxy) is 2. The molecule has 0 spiro atoms. The van der Waals surface area contributed by atoms with E-state index in [-0.39, 0.29) is 27.7 Å². The Bertz CT molecular complexity index is 589. The molecule has 1 aliphatic rings. The smallest absolute Gasteiger partial charge is 0.209 e. The van der Waals surface area contributed by atoms with Gasteiger partial charge in [-0.25, -0.2) is 0 Å². The van der Waals surface area contributed by atoms with Crippen LogP contribution in [-0.2, 0) is 0 Å². The number of carbonyl (C=O) groups excluding carboxylic acids is 2. The molecule has 2 rings (SSSR count). The van der Waals surface area contributed by atoms with E-state index in [4.69, 9.17) is 21.1 Å². The van der Waals surface area contributed by atoms with Crippen molar-refractivity contribution >= 4 is 23.2 Å². The molecular formula is C12H9ClO5. The van der Waals surface area contributed by atoms with E-state index in [1.807, 2.05) is 0 Å². The number of aromatic hydroxyl groups is 1. The zero-order valence-electron chi connectivity index (χ0n) is 9.61. The highest BCUT2D eigenvalue weighted by Gasteiger charge is 2.31. The van der Waals surface area contributed by atoms with E-state index in [0.717, 1.165) is 6.08 Å². The van der Waals surface area contributed by atoms with E-state index >= 15 is 0 Å². The van der Waals surface area contributed by atoms with Crippen molar-refractivity contribution < 1.29 is 24.2 Å². The molecule has 1 aliphatic carbocycles. The summed E-state index contributed by atoms with van der Waals surface area (Å²) in [5.41, 5.74) is -0.121. The van der Waals surface area contributed by atoms with Crippen LogP contribution in [0.15, 0.2) is 17.2 Å². The molecule has 0 bridgehead atoms. The maximum atomic E-state index is 11.8. The number of hydrogen-bond donors (Lipinski definition) is 1. The van der Waals surface area contributed by atoms with Crippen molar-refractivity contribution in [3.63, 3.8) is 0 Å². The van der Waals surface area contributed by atoms with Crippen LogP contribution in [0.25, 0.3) is 0 Å². The second kappa shape index (κ2) is 4.34. The Balaban J connectivity index is 2.80. The van der Waals surface area contributed by atoms with Gasteiger partial charge in [0.15, 0.2) is 17.3 Å². The van der Waals surface area contributed by atoms with Crippen molar-refractivity contribution in [2.75, 3.05) is 14.2 Å². The van der Waals surface area contributed by atoms with Crippen molar-refractivity contribution in [1.29, 1.82) is 0 Å². The lowest BCUT2D eigenvalue weighted by Gasteiger charge is -2.17. The summed E-state index contributed by atoms with van der Waals surface area (Å²) < 4.78 is 9.94. The molecule has 6 heteroatoms. The molecule has 0 saturated heterocycles. The average Bonchev–Trinajstić information content (AvgIpc) is 2.35. The SMILES string of the molecule is COc1cc2c(c(O)c1OC)C(=O)C(Cl)=CC2=O. The Hall–Kier alpha value is -2.01. The quantitative estimate of drug-likeness (QED) is 0.887. The fourth-order valence-electron chi connectivity index (χ4n) is 1.78. The van der Waals surface area contributed by atoms with Crippen LogP contribution < -0.4 is 9.47 Å². The Labute approximate surface area is 108 Å². The van der Waals surface area contributed by atoms with Gasteiger partial charge in [0, 0.05) is 11.6 Å². The van der Waals surface area contributed by atoms with Crippen LogP contribution in [0.2, 0.25) is 0 Å². The molecule has 1 aromatic carbocycles. The molecule has 1 aromatic rings. The third-order valence-corrected chi connectivity index (χ3v) is 2.89. The summed E-state index contributed by atoms with van der Waals surface area (Å²) in [6, 6.07) is 1.34. The zero-order valence-corrected chi connectivity index (χ0v) is 10.4. The van der Waals surface area contributed by atoms with Crippen LogP contribution in [0, 0.1) is 0 Å². The molecule has 0 aliphatic heterocycles. The molecule has 1 N–H and O–H groups in total. The Kier molecular flexibility index (Phi) is 3.00. The van der Waals surface area contributed by atoms with Gasteiger partial charge >= 0.3 is 0 Å². The molecule has 0 unspecified atom stereocenters. The third kappa shape index (κ3) is 1.64. The molecule has 0 radical (unpaired) electrons. The lowest BCUT2D eigenvalue weighted by Crippen LogP contribution is -2.15. The lowest BCUT2D eigenvalue weighted by atomic mass is 9.93. The molecule has 0 amide bonds. The maximum Gasteiger partial charge on any atom is 0.209 e. The topological polar surface area (TPSA) is 72.8 Å². The highest BCUT2D eigenvalue weighted by Crippen LogP contribution is 2.43. The van der Waals surface area contributed by atoms with Gasteiger partial charge in [0.25, 0.3) is 0 Å². The molecule has 94 valence electrons. The van der Waals surface area contributed by atoms with Gasteiger partial charge in [0.05, 0.1) is 24.8 Å². The first kappa shape index (κ1) is 12.4. The molecule has 0 saturated carbocycles. The lowest BCUT2D eigenvalue weighted by molar-refractivity contribution is 0.0987. The summed E-state index contributed by atoms with van der Waals surface area (Å²) in [7, 11) is 2.68. The van der Waals surface area contributed by atoms with Crippen molar-refractivity contribution in [3.8, 4) is 17.2 Å². The Morgan fingerprint density at radius 1 is 1.22 bits per heavy atom. The number of fused-ring (bicyclic) bond motifs is 1. The summed E-state index contributed by atoms with van der Waals surface area (Å²) in [6.45, 7) is 0. The van der Waals surface area contributed by atoms with Gasteiger partial charge in [0.1, 0.15) is 0 Å². The normalized spacial score (nSPS) is 14.1. The standard InChI is InChI=1S/C12H9ClO5/c1-17-8-3-5-7(14)4-6(13)10(15)9(5)11(16)12(8)18-2/h3-4,16H,1-2H3. The number of rotatable bonds is 2. The molecule has 0 fully saturated rings. The zero-order chi connectivity index (χ0) is 13.4. The maximum absolute atomic E-state index is 11.8. The first-order valence-corrected chi connectivity index (χ1v) is 5.33. The Morgan fingerprint density at radius 3 is 2.44 bits per heavy atom. The van der Waals surface area contributed by atoms with E-state index in [9.17, 15) is 14.7 Å². The molecule has 5 nitrogen and oxygen atoms in total. The minimum atomic E-state index is -0.621. The number of halogens is 1. The summed E-state index contributed by atoms with van der Waals surface area (Å²) in [6.07, 6.45) is 1.01. The van der Waals surface area contributed by atoms with Gasteiger partial charge in [-0.05, 0) is 6.07 Å². The van der Waals surface area contributed by atoms with Crippen molar-refractivity contribution in [2.24, 2.45) is 0 Å². The molecule has 18 heavy (non-hydrogen) atoms. The molecule has 0 heterocycles. The first-order chi connectivity index (χ1) is 8.51. The highest BCUT2D eigenvalue weighted by molar-refractivity contribution is 6.49. The average molecular weight is 269 g/mol. The van der Waals surface area contributed by atoms with Gasteiger partial charge in [-0.3, -0.25) is 9.59 Å². The van der Waals surface area contributed by atoms with Gasteiger partial charge in [0.2, 0.25) is 11.5 Å². The largest absolute Gasteiger partial charge is 0.504 e. The minimum Gasteiger partial charge on any atom is -0.504 e. The molecule has 0 atom stereocenters. The summed E-state index contributed by atoms with van der Waals surface area (Å²) in [5.74, 6) is -1.38. The van der Waals surface area contributed by atoms with Crippen molar-refractivity contribution in [2.45, 2.75) is 0 Å². The van der Waals surface area contributed by atoms with Gasteiger partial charge < -0.3 is 14.6 Å². The van der Waals surface area contributed by atoms with Crippen LogP contribution in [0.3, 0.4) is 0 Å². The van der Waals surface area contributed by atoms with Crippen LogP contribution in [0.1, 0.15) is 20.7 Å². The van der Waals surface area contributed by atoms with Gasteiger partial charge in [-0.1, -0.05) is 11.6 Å². The van der Waals surface area contributed by atoms with Crippen LogP contribution in [0.5, 0.6) is 17.2 Å². The van der Waals surface area contributed by atoms with Gasteiger partial charge in [-0.15, -0.1) is 0 Å². The number of carbonyl (C=O) groups is 2. The molecular weight excluding hydrogens is 260 g/mol. The minimum absolute atomic E-state index is 0.0104. The van der Waals surface area contributed by atoms with E-state index in [2.05, 4.69) is 0 Å². The number of hydrogen-bond acceptors (Lipinski definition) is 5.